The maximum atomic E-state index is 4.28. The van der Waals surface area contributed by atoms with E-state index in [0.717, 1.165) is 17.4 Å². The Balaban J connectivity index is 2.82. The van der Waals surface area contributed by atoms with Gasteiger partial charge in [-0.2, -0.15) is 0 Å². The molecule has 1 aromatic heterocycles. The van der Waals surface area contributed by atoms with Crippen molar-refractivity contribution in [2.75, 3.05) is 13.6 Å². The second kappa shape index (κ2) is 7.90. The summed E-state index contributed by atoms with van der Waals surface area (Å²) in [7, 11) is 2.05. The Bertz CT molecular complexity index is 354. The van der Waals surface area contributed by atoms with Crippen LogP contribution in [0.15, 0.2) is 22.9 Å². The van der Waals surface area contributed by atoms with E-state index in [0.29, 0.717) is 5.41 Å². The van der Waals surface area contributed by atoms with Crippen molar-refractivity contribution >= 4 is 15.9 Å². The van der Waals surface area contributed by atoms with Crippen LogP contribution in [0.1, 0.15) is 45.1 Å². The molecule has 0 amide bonds. The molecule has 18 heavy (non-hydrogen) atoms. The highest BCUT2D eigenvalue weighted by Crippen LogP contribution is 2.32. The van der Waals surface area contributed by atoms with E-state index in [9.17, 15) is 0 Å². The first kappa shape index (κ1) is 15.6. The molecule has 1 atom stereocenters. The van der Waals surface area contributed by atoms with Crippen molar-refractivity contribution in [3.63, 3.8) is 0 Å². The van der Waals surface area contributed by atoms with E-state index in [1.807, 2.05) is 12.4 Å². The van der Waals surface area contributed by atoms with Crippen molar-refractivity contribution in [2.24, 2.45) is 5.41 Å². The highest BCUT2D eigenvalue weighted by Gasteiger charge is 2.27. The second-order valence-corrected chi connectivity index (χ2v) is 6.09. The predicted octanol–water partition coefficient (Wildman–Crippen LogP) is 4.19. The van der Waals surface area contributed by atoms with Crippen molar-refractivity contribution in [3.8, 4) is 0 Å². The van der Waals surface area contributed by atoms with E-state index in [-0.39, 0.29) is 0 Å². The molecule has 2 nitrogen and oxygen atoms in total. The van der Waals surface area contributed by atoms with E-state index in [2.05, 4.69) is 53.2 Å². The molecule has 0 bridgehead atoms. The smallest absolute Gasteiger partial charge is 0.0410 e. The number of hydrogen-bond donors (Lipinski definition) is 1. The summed E-state index contributed by atoms with van der Waals surface area (Å²) in [5, 5.41) is 3.37. The lowest BCUT2D eigenvalue weighted by Gasteiger charge is -2.33. The third-order valence-electron chi connectivity index (χ3n) is 3.70. The van der Waals surface area contributed by atoms with Crippen LogP contribution in [0.2, 0.25) is 0 Å². The zero-order valence-corrected chi connectivity index (χ0v) is 13.4. The third kappa shape index (κ3) is 4.69. The van der Waals surface area contributed by atoms with E-state index >= 15 is 0 Å². The SMILES string of the molecule is CCCCC(CC)(CNC)Cc1cncc(Br)c1. The van der Waals surface area contributed by atoms with Crippen molar-refractivity contribution in [1.82, 2.24) is 10.3 Å². The maximum Gasteiger partial charge on any atom is 0.0410 e. The highest BCUT2D eigenvalue weighted by atomic mass is 79.9. The Labute approximate surface area is 120 Å². The lowest BCUT2D eigenvalue weighted by molar-refractivity contribution is 0.234. The van der Waals surface area contributed by atoms with E-state index in [1.54, 1.807) is 0 Å². The van der Waals surface area contributed by atoms with Gasteiger partial charge in [0.05, 0.1) is 0 Å². The quantitative estimate of drug-likeness (QED) is 0.778. The van der Waals surface area contributed by atoms with Gasteiger partial charge in [-0.05, 0) is 59.3 Å². The van der Waals surface area contributed by atoms with Gasteiger partial charge < -0.3 is 5.32 Å². The summed E-state index contributed by atoms with van der Waals surface area (Å²) in [5.41, 5.74) is 1.70. The Morgan fingerprint density at radius 3 is 2.67 bits per heavy atom. The third-order valence-corrected chi connectivity index (χ3v) is 4.14. The topological polar surface area (TPSA) is 24.9 Å². The van der Waals surface area contributed by atoms with Crippen LogP contribution in [0.3, 0.4) is 0 Å². The Hall–Kier alpha value is -0.410. The second-order valence-electron chi connectivity index (χ2n) is 5.18. The Morgan fingerprint density at radius 1 is 1.33 bits per heavy atom. The standard InChI is InChI=1S/C15H25BrN2/c1-4-6-7-15(5-2,12-17-3)9-13-8-14(16)11-18-10-13/h8,10-11,17H,4-7,9,12H2,1-3H3. The van der Waals surface area contributed by atoms with Crippen LogP contribution >= 0.6 is 15.9 Å². The van der Waals surface area contributed by atoms with Crippen LogP contribution in [0.25, 0.3) is 0 Å². The van der Waals surface area contributed by atoms with Crippen LogP contribution in [-0.2, 0) is 6.42 Å². The number of nitrogens with one attached hydrogen (secondary N) is 1. The largest absolute Gasteiger partial charge is 0.319 e. The Morgan fingerprint density at radius 2 is 2.11 bits per heavy atom. The number of aromatic nitrogens is 1. The van der Waals surface area contributed by atoms with Crippen LogP contribution in [0.5, 0.6) is 0 Å². The molecule has 0 saturated carbocycles. The first-order valence-corrected chi connectivity index (χ1v) is 7.69. The maximum absolute atomic E-state index is 4.28. The molecule has 1 N–H and O–H groups in total. The van der Waals surface area contributed by atoms with Gasteiger partial charge in [-0.25, -0.2) is 0 Å². The number of halogens is 1. The molecule has 0 saturated heterocycles. The molecule has 0 aliphatic carbocycles. The Kier molecular flexibility index (Phi) is 6.87. The molecule has 3 heteroatoms. The molecular formula is C15H25BrN2. The summed E-state index contributed by atoms with van der Waals surface area (Å²) >= 11 is 3.51. The average molecular weight is 313 g/mol. The van der Waals surface area contributed by atoms with Crippen molar-refractivity contribution in [2.45, 2.75) is 46.0 Å². The van der Waals surface area contributed by atoms with Crippen LogP contribution in [0, 0.1) is 5.41 Å². The van der Waals surface area contributed by atoms with Crippen LogP contribution in [0.4, 0.5) is 0 Å². The zero-order chi connectivity index (χ0) is 13.4. The van der Waals surface area contributed by atoms with Crippen LogP contribution < -0.4 is 5.32 Å². The van der Waals surface area contributed by atoms with Gasteiger partial charge in [-0.3, -0.25) is 4.98 Å². The molecule has 102 valence electrons. The summed E-state index contributed by atoms with van der Waals surface area (Å²) < 4.78 is 1.07. The van der Waals surface area contributed by atoms with Gasteiger partial charge in [-0.15, -0.1) is 0 Å². The van der Waals surface area contributed by atoms with Gasteiger partial charge >= 0.3 is 0 Å². The first-order valence-electron chi connectivity index (χ1n) is 6.90. The fraction of sp³-hybridized carbons (Fsp3) is 0.667. The molecule has 1 heterocycles. The number of rotatable bonds is 8. The summed E-state index contributed by atoms with van der Waals surface area (Å²) in [6.45, 7) is 5.65. The van der Waals surface area contributed by atoms with Crippen molar-refractivity contribution in [1.29, 1.82) is 0 Å². The van der Waals surface area contributed by atoms with Gasteiger partial charge in [-0.1, -0.05) is 26.7 Å². The molecule has 1 rings (SSSR count). The average Bonchev–Trinajstić information content (AvgIpc) is 2.36. The summed E-state index contributed by atoms with van der Waals surface area (Å²) in [5.74, 6) is 0. The first-order chi connectivity index (χ1) is 8.65. The molecule has 0 radical (unpaired) electrons. The zero-order valence-electron chi connectivity index (χ0n) is 11.8. The van der Waals surface area contributed by atoms with E-state index in [4.69, 9.17) is 0 Å². The monoisotopic (exact) mass is 312 g/mol. The fourth-order valence-electron chi connectivity index (χ4n) is 2.58. The van der Waals surface area contributed by atoms with Gasteiger partial charge in [0.25, 0.3) is 0 Å². The highest BCUT2D eigenvalue weighted by molar-refractivity contribution is 9.10. The summed E-state index contributed by atoms with van der Waals surface area (Å²) in [6.07, 6.45) is 10.0. The summed E-state index contributed by atoms with van der Waals surface area (Å²) in [6, 6.07) is 2.19. The number of nitrogens with zero attached hydrogens (tertiary/aromatic N) is 1. The van der Waals surface area contributed by atoms with Gasteiger partial charge in [0, 0.05) is 23.4 Å². The molecule has 1 aromatic rings. The molecule has 0 fully saturated rings. The molecule has 0 spiro atoms. The molecule has 1 unspecified atom stereocenters. The lowest BCUT2D eigenvalue weighted by Crippen LogP contribution is -2.34. The minimum atomic E-state index is 0.368. The van der Waals surface area contributed by atoms with Gasteiger partial charge in [0.15, 0.2) is 0 Å². The number of hydrogen-bond acceptors (Lipinski definition) is 2. The van der Waals surface area contributed by atoms with Crippen molar-refractivity contribution in [3.05, 3.63) is 28.5 Å². The van der Waals surface area contributed by atoms with Gasteiger partial charge in [0.2, 0.25) is 0 Å². The number of pyridine rings is 1. The molecule has 0 aromatic carbocycles. The van der Waals surface area contributed by atoms with Crippen molar-refractivity contribution < 1.29 is 0 Å². The number of unbranched alkanes of at least 4 members (excludes halogenated alkanes) is 1. The van der Waals surface area contributed by atoms with E-state index in [1.165, 1.54) is 31.2 Å². The summed E-state index contributed by atoms with van der Waals surface area (Å²) in [4.78, 5) is 4.28. The lowest BCUT2D eigenvalue weighted by atomic mass is 9.75. The predicted molar refractivity (Wildman–Crippen MR) is 81.8 cm³/mol. The fourth-order valence-corrected chi connectivity index (χ4v) is 2.99. The normalized spacial score (nSPS) is 14.4. The molecule has 0 aliphatic rings. The minimum absolute atomic E-state index is 0.368. The molecular weight excluding hydrogens is 288 g/mol. The van der Waals surface area contributed by atoms with E-state index < -0.39 is 0 Å². The minimum Gasteiger partial charge on any atom is -0.319 e. The van der Waals surface area contributed by atoms with Crippen LogP contribution in [-0.4, -0.2) is 18.6 Å². The molecule has 0 aliphatic heterocycles. The van der Waals surface area contributed by atoms with Gasteiger partial charge in [0.1, 0.15) is 0 Å².